The summed E-state index contributed by atoms with van der Waals surface area (Å²) in [5.74, 6) is 1.02. The Kier molecular flexibility index (Phi) is 3.68. The van der Waals surface area contributed by atoms with Crippen molar-refractivity contribution in [2.45, 2.75) is 19.0 Å². The van der Waals surface area contributed by atoms with E-state index in [1.807, 2.05) is 12.1 Å². The molecular weight excluding hydrogens is 310 g/mol. The summed E-state index contributed by atoms with van der Waals surface area (Å²) in [6, 6.07) is 10.9. The minimum absolute atomic E-state index is 0.399. The van der Waals surface area contributed by atoms with Crippen molar-refractivity contribution in [2.24, 2.45) is 0 Å². The second kappa shape index (κ2) is 5.43. The highest BCUT2D eigenvalue weighted by atomic mass is 79.9. The summed E-state index contributed by atoms with van der Waals surface area (Å²) in [5.41, 5.74) is 1.28. The van der Waals surface area contributed by atoms with Gasteiger partial charge in [0.15, 0.2) is 0 Å². The van der Waals surface area contributed by atoms with Crippen LogP contribution in [0.3, 0.4) is 0 Å². The number of halogens is 1. The van der Waals surface area contributed by atoms with E-state index in [0.717, 1.165) is 29.8 Å². The lowest BCUT2D eigenvalue weighted by Crippen LogP contribution is -2.26. The molecule has 1 aliphatic heterocycles. The van der Waals surface area contributed by atoms with E-state index >= 15 is 0 Å². The Morgan fingerprint density at radius 1 is 1.39 bits per heavy atom. The molecule has 3 rings (SSSR count). The van der Waals surface area contributed by atoms with Crippen molar-refractivity contribution in [3.8, 4) is 5.75 Å². The fourth-order valence-electron chi connectivity index (χ4n) is 2.22. The molecule has 94 valence electrons. The van der Waals surface area contributed by atoms with E-state index in [2.05, 4.69) is 44.8 Å². The predicted molar refractivity (Wildman–Crippen MR) is 78.2 cm³/mol. The van der Waals surface area contributed by atoms with E-state index in [1.165, 1.54) is 10.4 Å². The standard InChI is InChI=1S/C14H14BrNOS/c15-10-7-11(18-9-10)8-16-13-5-6-17-14-4-2-1-3-12(13)14/h1-4,7,9,13,16H,5-6,8H2. The molecule has 2 heterocycles. The number of fused-ring (bicyclic) bond motifs is 1. The average Bonchev–Trinajstić information content (AvgIpc) is 2.82. The Balaban J connectivity index is 1.71. The van der Waals surface area contributed by atoms with Crippen molar-refractivity contribution in [1.82, 2.24) is 5.32 Å². The SMILES string of the molecule is Brc1csc(CNC2CCOc3ccccc32)c1. The van der Waals surface area contributed by atoms with Crippen molar-refractivity contribution in [3.63, 3.8) is 0 Å². The monoisotopic (exact) mass is 323 g/mol. The fourth-order valence-corrected chi connectivity index (χ4v) is 3.63. The lowest BCUT2D eigenvalue weighted by Gasteiger charge is -2.26. The van der Waals surface area contributed by atoms with Gasteiger partial charge in [-0.2, -0.15) is 0 Å². The van der Waals surface area contributed by atoms with Gasteiger partial charge >= 0.3 is 0 Å². The van der Waals surface area contributed by atoms with E-state index in [4.69, 9.17) is 4.74 Å². The van der Waals surface area contributed by atoms with Crippen LogP contribution in [0.4, 0.5) is 0 Å². The van der Waals surface area contributed by atoms with E-state index < -0.39 is 0 Å². The third kappa shape index (κ3) is 2.60. The van der Waals surface area contributed by atoms with Crippen molar-refractivity contribution in [3.05, 3.63) is 50.6 Å². The first kappa shape index (κ1) is 12.2. The van der Waals surface area contributed by atoms with Gasteiger partial charge in [0.1, 0.15) is 5.75 Å². The minimum atomic E-state index is 0.399. The number of benzene rings is 1. The molecule has 2 nitrogen and oxygen atoms in total. The van der Waals surface area contributed by atoms with E-state index in [-0.39, 0.29) is 0 Å². The molecule has 0 fully saturated rings. The molecule has 1 aromatic heterocycles. The average molecular weight is 324 g/mol. The largest absolute Gasteiger partial charge is 0.493 e. The number of nitrogens with one attached hydrogen (secondary N) is 1. The van der Waals surface area contributed by atoms with Crippen molar-refractivity contribution in [1.29, 1.82) is 0 Å². The summed E-state index contributed by atoms with van der Waals surface area (Å²) in [6.45, 7) is 1.71. The molecule has 1 atom stereocenters. The summed E-state index contributed by atoms with van der Waals surface area (Å²) in [6.07, 6.45) is 1.03. The van der Waals surface area contributed by atoms with Crippen LogP contribution in [0.2, 0.25) is 0 Å². The van der Waals surface area contributed by atoms with Gasteiger partial charge in [0.25, 0.3) is 0 Å². The zero-order valence-corrected chi connectivity index (χ0v) is 12.3. The Bertz CT molecular complexity index is 540. The molecule has 0 bridgehead atoms. The van der Waals surface area contributed by atoms with Gasteiger partial charge in [0, 0.05) is 39.3 Å². The number of hydrogen-bond donors (Lipinski definition) is 1. The Labute approximate surface area is 119 Å². The molecule has 2 aromatic rings. The molecule has 1 N–H and O–H groups in total. The molecule has 0 spiro atoms. The highest BCUT2D eigenvalue weighted by Crippen LogP contribution is 2.32. The molecule has 0 saturated carbocycles. The summed E-state index contributed by atoms with van der Waals surface area (Å²) in [7, 11) is 0. The topological polar surface area (TPSA) is 21.3 Å². The predicted octanol–water partition coefficient (Wildman–Crippen LogP) is 4.12. The van der Waals surface area contributed by atoms with Gasteiger partial charge in [0.2, 0.25) is 0 Å². The van der Waals surface area contributed by atoms with E-state index in [1.54, 1.807) is 11.3 Å². The van der Waals surface area contributed by atoms with E-state index in [9.17, 15) is 0 Å². The quantitative estimate of drug-likeness (QED) is 0.917. The zero-order valence-electron chi connectivity index (χ0n) is 9.86. The Morgan fingerprint density at radius 2 is 2.28 bits per heavy atom. The smallest absolute Gasteiger partial charge is 0.124 e. The number of rotatable bonds is 3. The lowest BCUT2D eigenvalue weighted by atomic mass is 10.0. The van der Waals surface area contributed by atoms with Crippen LogP contribution in [0.15, 0.2) is 40.2 Å². The fraction of sp³-hybridized carbons (Fsp3) is 0.286. The van der Waals surface area contributed by atoms with Crippen LogP contribution in [0.1, 0.15) is 22.9 Å². The molecule has 1 unspecified atom stereocenters. The van der Waals surface area contributed by atoms with Crippen molar-refractivity contribution >= 4 is 27.3 Å². The molecule has 1 aromatic carbocycles. The normalized spacial score (nSPS) is 18.2. The molecule has 4 heteroatoms. The van der Waals surface area contributed by atoms with Crippen LogP contribution in [-0.2, 0) is 6.54 Å². The number of thiophene rings is 1. The third-order valence-corrected chi connectivity index (χ3v) is 4.80. The maximum atomic E-state index is 5.66. The number of ether oxygens (including phenoxy) is 1. The van der Waals surface area contributed by atoms with Crippen LogP contribution < -0.4 is 10.1 Å². The molecular formula is C14H14BrNOS. The van der Waals surface area contributed by atoms with Crippen LogP contribution in [0.5, 0.6) is 5.75 Å². The highest BCUT2D eigenvalue weighted by molar-refractivity contribution is 9.10. The van der Waals surface area contributed by atoms with Gasteiger partial charge in [-0.3, -0.25) is 0 Å². The molecule has 0 aliphatic carbocycles. The van der Waals surface area contributed by atoms with E-state index in [0.29, 0.717) is 6.04 Å². The number of hydrogen-bond acceptors (Lipinski definition) is 3. The van der Waals surface area contributed by atoms with Crippen LogP contribution in [0, 0.1) is 0 Å². The second-order valence-electron chi connectivity index (χ2n) is 4.34. The maximum Gasteiger partial charge on any atom is 0.124 e. The third-order valence-electron chi connectivity index (χ3n) is 3.10. The minimum Gasteiger partial charge on any atom is -0.493 e. The van der Waals surface area contributed by atoms with Gasteiger partial charge in [0.05, 0.1) is 6.61 Å². The molecule has 0 saturated heterocycles. The Hall–Kier alpha value is -0.840. The van der Waals surface area contributed by atoms with Gasteiger partial charge in [-0.25, -0.2) is 0 Å². The lowest BCUT2D eigenvalue weighted by molar-refractivity contribution is 0.252. The molecule has 0 amide bonds. The summed E-state index contributed by atoms with van der Waals surface area (Å²) in [5, 5.41) is 5.74. The summed E-state index contributed by atoms with van der Waals surface area (Å²) >= 11 is 5.27. The van der Waals surface area contributed by atoms with Crippen molar-refractivity contribution < 1.29 is 4.74 Å². The van der Waals surface area contributed by atoms with Crippen LogP contribution in [-0.4, -0.2) is 6.61 Å². The van der Waals surface area contributed by atoms with Crippen LogP contribution in [0.25, 0.3) is 0 Å². The highest BCUT2D eigenvalue weighted by Gasteiger charge is 2.20. The van der Waals surface area contributed by atoms with Gasteiger partial charge in [-0.1, -0.05) is 18.2 Å². The first-order valence-corrected chi connectivity index (χ1v) is 7.68. The zero-order chi connectivity index (χ0) is 12.4. The molecule has 18 heavy (non-hydrogen) atoms. The van der Waals surface area contributed by atoms with Crippen molar-refractivity contribution in [2.75, 3.05) is 6.61 Å². The maximum absolute atomic E-state index is 5.66. The van der Waals surface area contributed by atoms with Gasteiger partial charge in [-0.05, 0) is 28.1 Å². The summed E-state index contributed by atoms with van der Waals surface area (Å²) in [4.78, 5) is 1.35. The van der Waals surface area contributed by atoms with Gasteiger partial charge in [-0.15, -0.1) is 11.3 Å². The van der Waals surface area contributed by atoms with Gasteiger partial charge < -0.3 is 10.1 Å². The molecule has 1 aliphatic rings. The molecule has 0 radical (unpaired) electrons. The second-order valence-corrected chi connectivity index (χ2v) is 6.25. The number of para-hydroxylation sites is 1. The van der Waals surface area contributed by atoms with Crippen LogP contribution >= 0.6 is 27.3 Å². The first-order valence-electron chi connectivity index (χ1n) is 6.01. The Morgan fingerprint density at radius 3 is 3.11 bits per heavy atom. The summed E-state index contributed by atoms with van der Waals surface area (Å²) < 4.78 is 6.83. The first-order chi connectivity index (χ1) is 8.83.